The number of rotatable bonds is 11. The van der Waals surface area contributed by atoms with E-state index in [-0.39, 0.29) is 5.92 Å². The lowest BCUT2D eigenvalue weighted by atomic mass is 9.75. The maximum atomic E-state index is 11.7. The summed E-state index contributed by atoms with van der Waals surface area (Å²) in [6.07, 6.45) is 2.51. The molecule has 0 saturated carbocycles. The van der Waals surface area contributed by atoms with Gasteiger partial charge >= 0.3 is 11.9 Å². The van der Waals surface area contributed by atoms with Crippen molar-refractivity contribution in [2.75, 3.05) is 7.11 Å². The first-order valence-electron chi connectivity index (χ1n) is 7.82. The predicted molar refractivity (Wildman–Crippen MR) is 81.2 cm³/mol. The molecule has 0 aliphatic carbocycles. The number of hydrogen-bond donors (Lipinski definition) is 2. The first kappa shape index (κ1) is 19.9. The van der Waals surface area contributed by atoms with E-state index in [1.165, 1.54) is 7.11 Å². The first-order valence-corrected chi connectivity index (χ1v) is 7.82. The highest BCUT2D eigenvalue weighted by molar-refractivity contribution is 5.80. The van der Waals surface area contributed by atoms with Gasteiger partial charge in [0.1, 0.15) is 0 Å². The zero-order valence-electron chi connectivity index (χ0n) is 13.8. The molecule has 4 atom stereocenters. The summed E-state index contributed by atoms with van der Waals surface area (Å²) in [5.74, 6) is -3.93. The van der Waals surface area contributed by atoms with Gasteiger partial charge in [0.05, 0.1) is 17.9 Å². The zero-order valence-corrected chi connectivity index (χ0v) is 13.8. The van der Waals surface area contributed by atoms with E-state index in [1.54, 1.807) is 6.92 Å². The summed E-state index contributed by atoms with van der Waals surface area (Å²) in [4.78, 5) is 23.3. The minimum absolute atomic E-state index is 0.206. The highest BCUT2D eigenvalue weighted by Crippen LogP contribution is 2.32. The summed E-state index contributed by atoms with van der Waals surface area (Å²) in [6.45, 7) is 7.78. The fourth-order valence-corrected chi connectivity index (χ4v) is 2.89. The standard InChI is InChI=1S/C16H30O5/c1-6-10(4)13(15(17)18)14(16(19)20)12(21-5)9-11(7-2)8-3/h10-14H,6-9H2,1-5H3,(H,17,18)(H,19,20). The number of carboxylic acids is 2. The minimum atomic E-state index is -1.08. The molecule has 0 fully saturated rings. The molecule has 0 aromatic rings. The summed E-state index contributed by atoms with van der Waals surface area (Å²) in [5, 5.41) is 19.0. The fraction of sp³-hybridized carbons (Fsp3) is 0.875. The SMILES string of the molecule is CCC(CC)CC(OC)C(C(=O)O)C(C(=O)O)C(C)CC. The molecule has 0 aliphatic rings. The number of methoxy groups -OCH3 is 1. The molecule has 5 nitrogen and oxygen atoms in total. The number of ether oxygens (including phenoxy) is 1. The van der Waals surface area contributed by atoms with Gasteiger partial charge in [0.2, 0.25) is 0 Å². The van der Waals surface area contributed by atoms with Gasteiger partial charge in [-0.2, -0.15) is 0 Å². The van der Waals surface area contributed by atoms with Crippen molar-refractivity contribution < 1.29 is 24.5 Å². The molecule has 0 aliphatic heterocycles. The lowest BCUT2D eigenvalue weighted by molar-refractivity contribution is -0.163. The van der Waals surface area contributed by atoms with Gasteiger partial charge in [0, 0.05) is 7.11 Å². The average molecular weight is 302 g/mol. The van der Waals surface area contributed by atoms with Crippen molar-refractivity contribution >= 4 is 11.9 Å². The topological polar surface area (TPSA) is 83.8 Å². The van der Waals surface area contributed by atoms with Gasteiger partial charge in [-0.3, -0.25) is 9.59 Å². The third-order valence-corrected chi connectivity index (χ3v) is 4.64. The van der Waals surface area contributed by atoms with Crippen molar-refractivity contribution in [2.24, 2.45) is 23.7 Å². The zero-order chi connectivity index (χ0) is 16.6. The molecule has 21 heavy (non-hydrogen) atoms. The van der Waals surface area contributed by atoms with Crippen molar-refractivity contribution in [3.05, 3.63) is 0 Å². The number of carbonyl (C=O) groups is 2. The van der Waals surface area contributed by atoms with Crippen LogP contribution in [0.3, 0.4) is 0 Å². The Bertz CT molecular complexity index is 325. The number of hydrogen-bond acceptors (Lipinski definition) is 3. The van der Waals surface area contributed by atoms with Crippen molar-refractivity contribution in [3.8, 4) is 0 Å². The second kappa shape index (κ2) is 9.77. The van der Waals surface area contributed by atoms with Gasteiger partial charge < -0.3 is 14.9 Å². The van der Waals surface area contributed by atoms with Crippen LogP contribution in [0.4, 0.5) is 0 Å². The van der Waals surface area contributed by atoms with Crippen LogP contribution in [0.1, 0.15) is 53.4 Å². The van der Waals surface area contributed by atoms with E-state index >= 15 is 0 Å². The molecular weight excluding hydrogens is 272 g/mol. The molecule has 124 valence electrons. The Balaban J connectivity index is 5.39. The summed E-state index contributed by atoms with van der Waals surface area (Å²) in [7, 11) is 1.47. The van der Waals surface area contributed by atoms with Crippen LogP contribution < -0.4 is 0 Å². The lowest BCUT2D eigenvalue weighted by Gasteiger charge is -2.32. The van der Waals surface area contributed by atoms with Crippen molar-refractivity contribution in [2.45, 2.75) is 59.5 Å². The van der Waals surface area contributed by atoms with Crippen LogP contribution in [0.2, 0.25) is 0 Å². The number of carboxylic acid groups (broad SMARTS) is 2. The molecule has 5 heteroatoms. The Morgan fingerprint density at radius 1 is 0.952 bits per heavy atom. The number of aliphatic carboxylic acids is 2. The first-order chi connectivity index (χ1) is 9.83. The van der Waals surface area contributed by atoms with E-state index in [4.69, 9.17) is 4.74 Å². The Labute approximate surface area is 127 Å². The monoisotopic (exact) mass is 302 g/mol. The van der Waals surface area contributed by atoms with Gasteiger partial charge in [-0.05, 0) is 18.3 Å². The normalized spacial score (nSPS) is 17.2. The molecule has 0 aromatic carbocycles. The highest BCUT2D eigenvalue weighted by Gasteiger charge is 2.42. The maximum Gasteiger partial charge on any atom is 0.310 e. The van der Waals surface area contributed by atoms with Crippen LogP contribution in [0.25, 0.3) is 0 Å². The quantitative estimate of drug-likeness (QED) is 0.612. The average Bonchev–Trinajstić information content (AvgIpc) is 2.45. The largest absolute Gasteiger partial charge is 0.481 e. The van der Waals surface area contributed by atoms with Crippen LogP contribution in [-0.2, 0) is 14.3 Å². The van der Waals surface area contributed by atoms with Crippen molar-refractivity contribution in [1.29, 1.82) is 0 Å². The van der Waals surface area contributed by atoms with Crippen molar-refractivity contribution in [3.63, 3.8) is 0 Å². The highest BCUT2D eigenvalue weighted by atomic mass is 16.5. The summed E-state index contributed by atoms with van der Waals surface area (Å²) in [5.41, 5.74) is 0. The van der Waals surface area contributed by atoms with E-state index in [0.29, 0.717) is 18.8 Å². The van der Waals surface area contributed by atoms with Gasteiger partial charge in [0.25, 0.3) is 0 Å². The Hall–Kier alpha value is -1.10. The van der Waals surface area contributed by atoms with E-state index in [0.717, 1.165) is 12.8 Å². The van der Waals surface area contributed by atoms with Gasteiger partial charge in [-0.15, -0.1) is 0 Å². The molecule has 0 bridgehead atoms. The van der Waals surface area contributed by atoms with E-state index in [1.807, 2.05) is 6.92 Å². The Morgan fingerprint density at radius 2 is 1.43 bits per heavy atom. The molecule has 0 spiro atoms. The van der Waals surface area contributed by atoms with Crippen LogP contribution in [0.5, 0.6) is 0 Å². The minimum Gasteiger partial charge on any atom is -0.481 e. The Kier molecular flexibility index (Phi) is 9.26. The van der Waals surface area contributed by atoms with E-state index in [9.17, 15) is 19.8 Å². The van der Waals surface area contributed by atoms with Crippen LogP contribution >= 0.6 is 0 Å². The molecule has 0 radical (unpaired) electrons. The second-order valence-corrected chi connectivity index (χ2v) is 5.81. The van der Waals surface area contributed by atoms with Crippen LogP contribution in [0.15, 0.2) is 0 Å². The van der Waals surface area contributed by atoms with Gasteiger partial charge in [0.15, 0.2) is 0 Å². The fourth-order valence-electron chi connectivity index (χ4n) is 2.89. The molecule has 0 rings (SSSR count). The molecule has 0 aromatic heterocycles. The maximum absolute atomic E-state index is 11.7. The molecule has 0 heterocycles. The molecular formula is C16H30O5. The lowest BCUT2D eigenvalue weighted by Crippen LogP contribution is -2.43. The van der Waals surface area contributed by atoms with E-state index < -0.39 is 29.9 Å². The molecule has 0 amide bonds. The van der Waals surface area contributed by atoms with Gasteiger partial charge in [-0.1, -0.05) is 47.0 Å². The van der Waals surface area contributed by atoms with Crippen LogP contribution in [0, 0.1) is 23.7 Å². The molecule has 2 N–H and O–H groups in total. The predicted octanol–water partition coefficient (Wildman–Crippen LogP) is 3.28. The summed E-state index contributed by atoms with van der Waals surface area (Å²) >= 11 is 0. The smallest absolute Gasteiger partial charge is 0.310 e. The summed E-state index contributed by atoms with van der Waals surface area (Å²) in [6, 6.07) is 0. The third kappa shape index (κ3) is 5.65. The molecule has 4 unspecified atom stereocenters. The van der Waals surface area contributed by atoms with Crippen LogP contribution in [-0.4, -0.2) is 35.4 Å². The third-order valence-electron chi connectivity index (χ3n) is 4.64. The van der Waals surface area contributed by atoms with Gasteiger partial charge in [-0.25, -0.2) is 0 Å². The summed E-state index contributed by atoms with van der Waals surface area (Å²) < 4.78 is 5.39. The molecule has 0 saturated heterocycles. The second-order valence-electron chi connectivity index (χ2n) is 5.81. The van der Waals surface area contributed by atoms with E-state index in [2.05, 4.69) is 13.8 Å². The van der Waals surface area contributed by atoms with Crippen molar-refractivity contribution in [1.82, 2.24) is 0 Å². The Morgan fingerprint density at radius 3 is 1.71 bits per heavy atom.